The lowest BCUT2D eigenvalue weighted by atomic mass is 10.4. The minimum absolute atomic E-state index is 0.502. The van der Waals surface area contributed by atoms with Crippen LogP contribution in [-0.2, 0) is 4.74 Å². The normalized spacial score (nSPS) is 9.17. The molecule has 1 aromatic rings. The summed E-state index contributed by atoms with van der Waals surface area (Å²) in [4.78, 5) is 14.8. The van der Waals surface area contributed by atoms with E-state index >= 15 is 0 Å². The third-order valence-corrected chi connectivity index (χ3v) is 1.30. The largest absolute Gasteiger partial charge is 0.453 e. The Hall–Kier alpha value is -1.58. The van der Waals surface area contributed by atoms with Crippen molar-refractivity contribution in [2.24, 2.45) is 0 Å². The van der Waals surface area contributed by atoms with Crippen LogP contribution in [0.25, 0.3) is 0 Å². The number of amides is 1. The Balaban J connectivity index is 2.69. The van der Waals surface area contributed by atoms with Gasteiger partial charge in [0.25, 0.3) is 0 Å². The van der Waals surface area contributed by atoms with E-state index in [4.69, 9.17) is 0 Å². The summed E-state index contributed by atoms with van der Waals surface area (Å²) in [5.74, 6) is 0.502. The number of anilines is 1. The Kier molecular flexibility index (Phi) is 2.63. The summed E-state index contributed by atoms with van der Waals surface area (Å²) in [6.07, 6.45) is -0.506. The van der Waals surface area contributed by atoms with Crippen molar-refractivity contribution >= 4 is 11.9 Å². The molecule has 0 saturated heterocycles. The van der Waals surface area contributed by atoms with Crippen molar-refractivity contribution in [2.75, 3.05) is 12.4 Å². The number of carbonyl (C=O) groups is 1. The van der Waals surface area contributed by atoms with Crippen LogP contribution in [0.2, 0.25) is 0 Å². The van der Waals surface area contributed by atoms with E-state index in [2.05, 4.69) is 15.0 Å². The number of nitrogens with zero attached hydrogens (tertiary/aromatic N) is 1. The molecule has 4 nitrogen and oxygen atoms in total. The fourth-order valence-corrected chi connectivity index (χ4v) is 0.768. The molecule has 0 spiro atoms. The van der Waals surface area contributed by atoms with Gasteiger partial charge < -0.3 is 4.74 Å². The topological polar surface area (TPSA) is 51.2 Å². The summed E-state index contributed by atoms with van der Waals surface area (Å²) in [5, 5.41) is 2.46. The van der Waals surface area contributed by atoms with E-state index in [1.807, 2.05) is 19.1 Å². The van der Waals surface area contributed by atoms with Gasteiger partial charge in [-0.15, -0.1) is 0 Å². The number of ether oxygens (including phenoxy) is 1. The van der Waals surface area contributed by atoms with E-state index in [1.165, 1.54) is 7.11 Å². The number of nitrogens with one attached hydrogen (secondary N) is 1. The predicted molar refractivity (Wildman–Crippen MR) is 45.0 cm³/mol. The fourth-order valence-electron chi connectivity index (χ4n) is 0.768. The monoisotopic (exact) mass is 166 g/mol. The van der Waals surface area contributed by atoms with Gasteiger partial charge in [0.15, 0.2) is 0 Å². The summed E-state index contributed by atoms with van der Waals surface area (Å²) in [6, 6.07) is 5.36. The highest BCUT2D eigenvalue weighted by Gasteiger charge is 1.99. The summed E-state index contributed by atoms with van der Waals surface area (Å²) in [7, 11) is 1.31. The third kappa shape index (κ3) is 2.23. The Morgan fingerprint density at radius 2 is 2.33 bits per heavy atom. The first-order chi connectivity index (χ1) is 5.72. The molecule has 0 atom stereocenters. The molecule has 4 heteroatoms. The molecule has 0 fully saturated rings. The van der Waals surface area contributed by atoms with Crippen LogP contribution < -0.4 is 5.32 Å². The maximum Gasteiger partial charge on any atom is 0.412 e. The Morgan fingerprint density at radius 1 is 1.58 bits per heavy atom. The quantitative estimate of drug-likeness (QED) is 0.688. The van der Waals surface area contributed by atoms with Gasteiger partial charge in [-0.1, -0.05) is 6.07 Å². The van der Waals surface area contributed by atoms with Gasteiger partial charge in [0, 0.05) is 5.69 Å². The zero-order valence-corrected chi connectivity index (χ0v) is 7.00. The van der Waals surface area contributed by atoms with Crippen LogP contribution in [0.15, 0.2) is 18.2 Å². The molecule has 0 unspecified atom stereocenters. The molecule has 0 aromatic carbocycles. The highest BCUT2D eigenvalue weighted by atomic mass is 16.5. The highest BCUT2D eigenvalue weighted by Crippen LogP contribution is 2.03. The van der Waals surface area contributed by atoms with E-state index in [0.717, 1.165) is 5.69 Å². The van der Waals surface area contributed by atoms with Crippen LogP contribution in [-0.4, -0.2) is 18.2 Å². The molecule has 0 aliphatic heterocycles. The van der Waals surface area contributed by atoms with Crippen molar-refractivity contribution < 1.29 is 9.53 Å². The van der Waals surface area contributed by atoms with Gasteiger partial charge in [0.2, 0.25) is 0 Å². The molecule has 0 radical (unpaired) electrons. The number of aryl methyl sites for hydroxylation is 1. The SMILES string of the molecule is COC(=O)Nc1cccc(C)n1. The molecule has 0 saturated carbocycles. The van der Waals surface area contributed by atoms with Crippen molar-refractivity contribution in [3.8, 4) is 0 Å². The zero-order valence-electron chi connectivity index (χ0n) is 7.00. The minimum atomic E-state index is -0.506. The second-order valence-electron chi connectivity index (χ2n) is 2.28. The number of rotatable bonds is 1. The van der Waals surface area contributed by atoms with Gasteiger partial charge in [-0.05, 0) is 19.1 Å². The number of hydrogen-bond acceptors (Lipinski definition) is 3. The lowest BCUT2D eigenvalue weighted by Crippen LogP contribution is -2.12. The van der Waals surface area contributed by atoms with Crippen LogP contribution in [0.1, 0.15) is 5.69 Å². The van der Waals surface area contributed by atoms with Gasteiger partial charge >= 0.3 is 6.09 Å². The Labute approximate surface area is 70.6 Å². The number of carbonyl (C=O) groups excluding carboxylic acids is 1. The molecular weight excluding hydrogens is 156 g/mol. The lowest BCUT2D eigenvalue weighted by molar-refractivity contribution is 0.187. The van der Waals surface area contributed by atoms with Crippen LogP contribution in [0.4, 0.5) is 10.6 Å². The first-order valence-electron chi connectivity index (χ1n) is 3.51. The zero-order chi connectivity index (χ0) is 8.97. The molecule has 1 N–H and O–H groups in total. The van der Waals surface area contributed by atoms with Crippen molar-refractivity contribution in [2.45, 2.75) is 6.92 Å². The second-order valence-corrected chi connectivity index (χ2v) is 2.28. The highest BCUT2D eigenvalue weighted by molar-refractivity contribution is 5.83. The molecule has 0 bridgehead atoms. The first kappa shape index (κ1) is 8.52. The summed E-state index contributed by atoms with van der Waals surface area (Å²) < 4.78 is 4.40. The van der Waals surface area contributed by atoms with Crippen LogP contribution >= 0.6 is 0 Å². The fraction of sp³-hybridized carbons (Fsp3) is 0.250. The smallest absolute Gasteiger partial charge is 0.412 e. The predicted octanol–water partition coefficient (Wildman–Crippen LogP) is 1.57. The van der Waals surface area contributed by atoms with Crippen LogP contribution in [0, 0.1) is 6.92 Å². The van der Waals surface area contributed by atoms with Gasteiger partial charge in [0.05, 0.1) is 7.11 Å². The van der Waals surface area contributed by atoms with Crippen molar-refractivity contribution in [1.82, 2.24) is 4.98 Å². The molecule has 0 aliphatic carbocycles. The van der Waals surface area contributed by atoms with E-state index in [0.29, 0.717) is 5.82 Å². The average Bonchev–Trinajstić information content (AvgIpc) is 2.04. The lowest BCUT2D eigenvalue weighted by Gasteiger charge is -2.02. The second kappa shape index (κ2) is 3.71. The number of methoxy groups -OCH3 is 1. The number of hydrogen-bond donors (Lipinski definition) is 1. The molecule has 64 valence electrons. The number of aromatic nitrogens is 1. The maximum absolute atomic E-state index is 10.7. The molecule has 1 amide bonds. The standard InChI is InChI=1S/C8H10N2O2/c1-6-4-3-5-7(9-6)10-8(11)12-2/h3-5H,1-2H3,(H,9,10,11). The molecular formula is C8H10N2O2. The maximum atomic E-state index is 10.7. The van der Waals surface area contributed by atoms with E-state index < -0.39 is 6.09 Å². The summed E-state index contributed by atoms with van der Waals surface area (Å²) in [6.45, 7) is 1.85. The minimum Gasteiger partial charge on any atom is -0.453 e. The van der Waals surface area contributed by atoms with Crippen molar-refractivity contribution in [1.29, 1.82) is 0 Å². The molecule has 0 aliphatic rings. The molecule has 1 aromatic heterocycles. The average molecular weight is 166 g/mol. The van der Waals surface area contributed by atoms with Gasteiger partial charge in [-0.3, -0.25) is 5.32 Å². The van der Waals surface area contributed by atoms with Gasteiger partial charge in [-0.2, -0.15) is 0 Å². The van der Waals surface area contributed by atoms with E-state index in [-0.39, 0.29) is 0 Å². The van der Waals surface area contributed by atoms with Crippen molar-refractivity contribution in [3.05, 3.63) is 23.9 Å². The van der Waals surface area contributed by atoms with Crippen molar-refractivity contribution in [3.63, 3.8) is 0 Å². The number of pyridine rings is 1. The molecule has 12 heavy (non-hydrogen) atoms. The Bertz CT molecular complexity index is 286. The van der Waals surface area contributed by atoms with Gasteiger partial charge in [0.1, 0.15) is 5.82 Å². The molecule has 1 rings (SSSR count). The first-order valence-corrected chi connectivity index (χ1v) is 3.51. The third-order valence-electron chi connectivity index (χ3n) is 1.30. The van der Waals surface area contributed by atoms with Crippen LogP contribution in [0.5, 0.6) is 0 Å². The molecule has 1 heterocycles. The van der Waals surface area contributed by atoms with E-state index in [9.17, 15) is 4.79 Å². The summed E-state index contributed by atoms with van der Waals surface area (Å²) >= 11 is 0. The van der Waals surface area contributed by atoms with Gasteiger partial charge in [-0.25, -0.2) is 9.78 Å². The van der Waals surface area contributed by atoms with Crippen LogP contribution in [0.3, 0.4) is 0 Å². The Morgan fingerprint density at radius 3 is 2.92 bits per heavy atom. The van der Waals surface area contributed by atoms with E-state index in [1.54, 1.807) is 6.07 Å². The summed E-state index contributed by atoms with van der Waals surface area (Å²) in [5.41, 5.74) is 0.851.